The largest absolute Gasteiger partial charge is 0.462 e. The summed E-state index contributed by atoms with van der Waals surface area (Å²) in [4.78, 5) is 38.4. The molecule has 0 aliphatic heterocycles. The number of hydrogen-bond donors (Lipinski definition) is 0. The molecule has 0 radical (unpaired) electrons. The van der Waals surface area contributed by atoms with Gasteiger partial charge in [0.05, 0.1) is 0 Å². The Balaban J connectivity index is 4.32. The maximum Gasteiger partial charge on any atom is 0.306 e. The van der Waals surface area contributed by atoms with Crippen molar-refractivity contribution >= 4 is 17.9 Å². The summed E-state index contributed by atoms with van der Waals surface area (Å²) in [5, 5.41) is 0. The van der Waals surface area contributed by atoms with Crippen LogP contribution in [0.25, 0.3) is 0 Å². The number of esters is 3. The van der Waals surface area contributed by atoms with Gasteiger partial charge in [-0.2, -0.15) is 0 Å². The van der Waals surface area contributed by atoms with E-state index in [1.165, 1.54) is 270 Å². The number of hydrogen-bond acceptors (Lipinski definition) is 6. The topological polar surface area (TPSA) is 78.9 Å². The average Bonchev–Trinajstić information content (AvgIpc) is 3.39. The Morgan fingerprint density at radius 2 is 0.452 bits per heavy atom. The highest BCUT2D eigenvalue weighted by atomic mass is 16.6. The monoisotopic (exact) mass is 1030 g/mol. The Kier molecular flexibility index (Phi) is 60.6. The summed E-state index contributed by atoms with van der Waals surface area (Å²) in [6.45, 7) is 6.70. The molecule has 73 heavy (non-hydrogen) atoms. The summed E-state index contributed by atoms with van der Waals surface area (Å²) >= 11 is 0. The van der Waals surface area contributed by atoms with Crippen molar-refractivity contribution in [1.82, 2.24) is 0 Å². The number of ether oxygens (including phenoxy) is 3. The van der Waals surface area contributed by atoms with Crippen LogP contribution in [0.5, 0.6) is 0 Å². The van der Waals surface area contributed by atoms with E-state index in [-0.39, 0.29) is 31.1 Å². The van der Waals surface area contributed by atoms with Crippen molar-refractivity contribution in [3.63, 3.8) is 0 Å². The van der Waals surface area contributed by atoms with Gasteiger partial charge >= 0.3 is 17.9 Å². The van der Waals surface area contributed by atoms with Crippen molar-refractivity contribution in [3.05, 3.63) is 24.3 Å². The normalized spacial score (nSPS) is 12.1. The van der Waals surface area contributed by atoms with Crippen molar-refractivity contribution in [2.75, 3.05) is 13.2 Å². The van der Waals surface area contributed by atoms with Gasteiger partial charge in [-0.15, -0.1) is 0 Å². The molecular weight excluding hydrogens is 901 g/mol. The lowest BCUT2D eigenvalue weighted by atomic mass is 10.0. The smallest absolute Gasteiger partial charge is 0.306 e. The van der Waals surface area contributed by atoms with Crippen molar-refractivity contribution in [1.29, 1.82) is 0 Å². The van der Waals surface area contributed by atoms with Crippen LogP contribution in [0, 0.1) is 0 Å². The Hall–Kier alpha value is -2.11. The Bertz CT molecular complexity index is 1180. The molecule has 0 bridgehead atoms. The molecule has 0 aliphatic carbocycles. The minimum atomic E-state index is -0.770. The lowest BCUT2D eigenvalue weighted by Gasteiger charge is -2.18. The summed E-state index contributed by atoms with van der Waals surface area (Å²) in [5.74, 6) is -0.843. The molecule has 430 valence electrons. The van der Waals surface area contributed by atoms with Crippen molar-refractivity contribution in [3.8, 4) is 0 Å². The lowest BCUT2D eigenvalue weighted by molar-refractivity contribution is -0.167. The molecule has 0 aromatic rings. The molecule has 0 aliphatic rings. The number of carbonyl (C=O) groups excluding carboxylic acids is 3. The minimum absolute atomic E-state index is 0.0672. The fraction of sp³-hybridized carbons (Fsp3) is 0.896. The average molecular weight is 1030 g/mol. The van der Waals surface area contributed by atoms with Gasteiger partial charge in [-0.3, -0.25) is 14.4 Å². The first kappa shape index (κ1) is 70.9. The van der Waals surface area contributed by atoms with Crippen LogP contribution < -0.4 is 0 Å². The third-order valence-electron chi connectivity index (χ3n) is 14.9. The molecule has 0 fully saturated rings. The van der Waals surface area contributed by atoms with Gasteiger partial charge in [-0.05, 0) is 70.6 Å². The molecule has 6 heteroatoms. The first-order valence-corrected chi connectivity index (χ1v) is 32.8. The van der Waals surface area contributed by atoms with Gasteiger partial charge in [0.1, 0.15) is 13.2 Å². The molecular formula is C67H126O6. The summed E-state index contributed by atoms with van der Waals surface area (Å²) in [5.41, 5.74) is 0. The van der Waals surface area contributed by atoms with Gasteiger partial charge in [-0.25, -0.2) is 0 Å². The maximum absolute atomic E-state index is 12.9. The first-order valence-electron chi connectivity index (χ1n) is 32.8. The zero-order chi connectivity index (χ0) is 52.9. The number of unbranched alkanes of at least 4 members (excludes halogenated alkanes) is 46. The quantitative estimate of drug-likeness (QED) is 0.0261. The van der Waals surface area contributed by atoms with Gasteiger partial charge in [0.2, 0.25) is 0 Å². The van der Waals surface area contributed by atoms with E-state index in [0.717, 1.165) is 57.8 Å². The fourth-order valence-electron chi connectivity index (χ4n) is 9.97. The summed E-state index contributed by atoms with van der Waals surface area (Å²) in [6.07, 6.45) is 74.6. The molecule has 0 aromatic carbocycles. The van der Waals surface area contributed by atoms with Crippen molar-refractivity contribution < 1.29 is 28.6 Å². The molecule has 0 saturated carbocycles. The van der Waals surface area contributed by atoms with E-state index in [4.69, 9.17) is 14.2 Å². The number of carbonyl (C=O) groups is 3. The predicted molar refractivity (Wildman–Crippen MR) is 316 cm³/mol. The Morgan fingerprint density at radius 1 is 0.260 bits per heavy atom. The molecule has 1 unspecified atom stereocenters. The van der Waals surface area contributed by atoms with Crippen LogP contribution >= 0.6 is 0 Å². The molecule has 0 aromatic heterocycles. The maximum atomic E-state index is 12.9. The van der Waals surface area contributed by atoms with E-state index >= 15 is 0 Å². The molecule has 0 spiro atoms. The molecule has 0 heterocycles. The van der Waals surface area contributed by atoms with E-state index in [2.05, 4.69) is 45.1 Å². The van der Waals surface area contributed by atoms with Crippen LogP contribution in [0.1, 0.15) is 367 Å². The lowest BCUT2D eigenvalue weighted by Crippen LogP contribution is -2.30. The van der Waals surface area contributed by atoms with Gasteiger partial charge < -0.3 is 14.2 Å². The van der Waals surface area contributed by atoms with Crippen LogP contribution in [-0.4, -0.2) is 37.2 Å². The SMILES string of the molecule is CCCCCCCC/C=C\CCCCCCCCCCCC(=O)OCC(COC(=O)CCCCCCCCCCCCCCCCCCC)OC(=O)CCCCCCCCCCC/C=C\CCCCCCCC. The summed E-state index contributed by atoms with van der Waals surface area (Å²) < 4.78 is 17.0. The minimum Gasteiger partial charge on any atom is -0.462 e. The van der Waals surface area contributed by atoms with Gasteiger partial charge in [0.15, 0.2) is 6.10 Å². The standard InChI is InChI=1S/C67H126O6/c1-4-7-10-13-16-19-22-25-28-31-33-36-39-42-45-48-51-54-57-60-66(69)72-63-64(62-71-65(68)59-56-53-50-47-44-41-38-35-30-27-24-21-18-15-12-9-6-3)73-67(70)61-58-55-52-49-46-43-40-37-34-32-29-26-23-20-17-14-11-8-5-2/h25-26,28-29,64H,4-24,27,30-63H2,1-3H3/b28-25-,29-26-. The van der Waals surface area contributed by atoms with Crippen LogP contribution in [0.4, 0.5) is 0 Å². The van der Waals surface area contributed by atoms with Crippen LogP contribution in [0.3, 0.4) is 0 Å². The highest BCUT2D eigenvalue weighted by Gasteiger charge is 2.19. The van der Waals surface area contributed by atoms with E-state index in [9.17, 15) is 14.4 Å². The molecule has 0 amide bonds. The second-order valence-electron chi connectivity index (χ2n) is 22.4. The van der Waals surface area contributed by atoms with E-state index < -0.39 is 6.10 Å². The third-order valence-corrected chi connectivity index (χ3v) is 14.9. The van der Waals surface area contributed by atoms with E-state index in [1.807, 2.05) is 0 Å². The van der Waals surface area contributed by atoms with Crippen LogP contribution in [-0.2, 0) is 28.6 Å². The Labute approximate surface area is 455 Å². The van der Waals surface area contributed by atoms with Crippen LogP contribution in [0.2, 0.25) is 0 Å². The second-order valence-corrected chi connectivity index (χ2v) is 22.4. The van der Waals surface area contributed by atoms with Gasteiger partial charge in [0.25, 0.3) is 0 Å². The number of rotatable bonds is 61. The second kappa shape index (κ2) is 62.4. The molecule has 6 nitrogen and oxygen atoms in total. The molecule has 1 atom stereocenters. The first-order chi connectivity index (χ1) is 36.0. The predicted octanol–water partition coefficient (Wildman–Crippen LogP) is 22.2. The molecule has 0 N–H and O–H groups in total. The van der Waals surface area contributed by atoms with E-state index in [0.29, 0.717) is 19.3 Å². The zero-order valence-corrected chi connectivity index (χ0v) is 49.4. The van der Waals surface area contributed by atoms with Gasteiger partial charge in [-0.1, -0.05) is 302 Å². The fourth-order valence-corrected chi connectivity index (χ4v) is 9.97. The zero-order valence-electron chi connectivity index (χ0n) is 49.4. The molecule has 0 saturated heterocycles. The van der Waals surface area contributed by atoms with Crippen molar-refractivity contribution in [2.24, 2.45) is 0 Å². The summed E-state index contributed by atoms with van der Waals surface area (Å²) in [6, 6.07) is 0. The van der Waals surface area contributed by atoms with Gasteiger partial charge in [0, 0.05) is 19.3 Å². The molecule has 0 rings (SSSR count). The van der Waals surface area contributed by atoms with Crippen molar-refractivity contribution in [2.45, 2.75) is 374 Å². The Morgan fingerprint density at radius 3 is 0.685 bits per heavy atom. The van der Waals surface area contributed by atoms with Crippen LogP contribution in [0.15, 0.2) is 24.3 Å². The highest BCUT2D eigenvalue weighted by molar-refractivity contribution is 5.71. The van der Waals surface area contributed by atoms with E-state index in [1.54, 1.807) is 0 Å². The number of allylic oxidation sites excluding steroid dienone is 4. The summed E-state index contributed by atoms with van der Waals surface area (Å²) in [7, 11) is 0. The highest BCUT2D eigenvalue weighted by Crippen LogP contribution is 2.18. The third kappa shape index (κ3) is 60.6.